The van der Waals surface area contributed by atoms with Gasteiger partial charge in [0.1, 0.15) is 11.6 Å². The highest BCUT2D eigenvalue weighted by atomic mass is 15.1. The third-order valence-corrected chi connectivity index (χ3v) is 19.8. The Morgan fingerprint density at radius 1 is 0.315 bits per heavy atom. The molecule has 19 rings (SSSR count). The number of hydrogen-bond acceptors (Lipinski definition) is 2. The highest BCUT2D eigenvalue weighted by Gasteiger charge is 2.53. The van der Waals surface area contributed by atoms with Gasteiger partial charge in [-0.25, -0.2) is 0 Å². The molecule has 17 aromatic rings. The van der Waals surface area contributed by atoms with E-state index in [2.05, 4.69) is 307 Å². The average molecular weight is 1140 g/mol. The van der Waals surface area contributed by atoms with Crippen molar-refractivity contribution in [2.45, 2.75) is 33.1 Å². The Bertz CT molecular complexity index is 5760. The molecular formula is C83H54N6. The van der Waals surface area contributed by atoms with E-state index in [0.717, 1.165) is 149 Å². The molecule has 0 saturated heterocycles. The van der Waals surface area contributed by atoms with Gasteiger partial charge < -0.3 is 18.3 Å². The fourth-order valence-corrected chi connectivity index (χ4v) is 16.3. The Morgan fingerprint density at radius 3 is 0.978 bits per heavy atom. The quantitative estimate of drug-likeness (QED) is 0.172. The van der Waals surface area contributed by atoms with E-state index in [1.165, 1.54) is 38.9 Å². The van der Waals surface area contributed by atoms with Crippen molar-refractivity contribution < 1.29 is 0 Å². The van der Waals surface area contributed by atoms with Crippen LogP contribution >= 0.6 is 0 Å². The summed E-state index contributed by atoms with van der Waals surface area (Å²) < 4.78 is 9.84. The first-order chi connectivity index (χ1) is 43.8. The molecule has 0 N–H and O–H groups in total. The fourth-order valence-electron chi connectivity index (χ4n) is 16.3. The van der Waals surface area contributed by atoms with Gasteiger partial charge in [-0.1, -0.05) is 192 Å². The molecule has 0 atom stereocenters. The van der Waals surface area contributed by atoms with E-state index >= 15 is 0 Å². The lowest BCUT2D eigenvalue weighted by molar-refractivity contribution is 0.760. The van der Waals surface area contributed by atoms with Gasteiger partial charge in [-0.15, -0.1) is 0 Å². The van der Waals surface area contributed by atoms with Gasteiger partial charge in [-0.2, -0.15) is 5.26 Å². The van der Waals surface area contributed by atoms with Gasteiger partial charge in [0.05, 0.1) is 78.0 Å². The normalized spacial score (nSPS) is 13.0. The van der Waals surface area contributed by atoms with Crippen molar-refractivity contribution in [3.63, 3.8) is 0 Å². The Labute approximate surface area is 513 Å². The number of hydrogen-bond donors (Lipinski definition) is 0. The maximum absolute atomic E-state index is 13.2. The minimum Gasteiger partial charge on any atom is -0.306 e. The standard InChI is InChI=1S/C83H54N6/c1-48-33-37-73-60(41-48)56-22-8-15-29-69(56)86(73)78-65(46-84)79(87-70-30-16-9-23-57(70)61-42-49(2)34-38-74(61)87)81(89-72-32-18-11-25-59(72)63-44-51(4)36-40-76(63)89)77(80(78)88-71-31-17-10-24-58(71)62-43-50(3)35-39-75(62)88)52-45-64-55-21-7-14-28-68(55)83(82(64)85-47-52)66-26-12-5-19-53(66)54-20-6-13-27-67(54)83/h5-45,47H,1-4H3. The minimum atomic E-state index is -0.679. The number of nitriles is 1. The molecule has 416 valence electrons. The van der Waals surface area contributed by atoms with Crippen LogP contribution in [-0.2, 0) is 5.41 Å². The van der Waals surface area contributed by atoms with Crippen molar-refractivity contribution in [2.75, 3.05) is 0 Å². The van der Waals surface area contributed by atoms with Gasteiger partial charge >= 0.3 is 0 Å². The Hall–Kier alpha value is -11.5. The number of para-hydroxylation sites is 4. The highest BCUT2D eigenvalue weighted by Crippen LogP contribution is 2.63. The molecule has 0 bridgehead atoms. The molecule has 0 aliphatic heterocycles. The predicted octanol–water partition coefficient (Wildman–Crippen LogP) is 20.6. The maximum atomic E-state index is 13.2. The third kappa shape index (κ3) is 6.45. The number of nitrogens with zero attached hydrogens (tertiary/aromatic N) is 6. The molecule has 6 heteroatoms. The molecular weight excluding hydrogens is 1080 g/mol. The lowest BCUT2D eigenvalue weighted by atomic mass is 9.72. The lowest BCUT2D eigenvalue weighted by Gasteiger charge is -2.30. The SMILES string of the molecule is Cc1ccc2c(c1)c1ccccc1n2-c1c(C#N)c(-n2c3ccccc3c3cc(C)ccc32)c(-n2c3ccccc3c3cc(C)ccc32)c(-c2cnc3c(c2)-c2ccccc2C32c3ccccc3-c3ccccc32)c1-n1c2ccccc2c2cc(C)ccc21. The van der Waals surface area contributed by atoms with Gasteiger partial charge in [0.2, 0.25) is 0 Å². The highest BCUT2D eigenvalue weighted by molar-refractivity contribution is 6.18. The van der Waals surface area contributed by atoms with E-state index in [1.807, 2.05) is 0 Å². The zero-order valence-corrected chi connectivity index (χ0v) is 49.4. The van der Waals surface area contributed by atoms with Gasteiger partial charge in [0.15, 0.2) is 0 Å². The predicted molar refractivity (Wildman–Crippen MR) is 367 cm³/mol. The van der Waals surface area contributed by atoms with Crippen molar-refractivity contribution in [3.8, 4) is 62.2 Å². The average Bonchev–Trinajstić information content (AvgIpc) is 1.65. The molecule has 12 aromatic carbocycles. The second kappa shape index (κ2) is 18.0. The molecule has 2 aliphatic carbocycles. The van der Waals surface area contributed by atoms with Crippen LogP contribution in [0.4, 0.5) is 0 Å². The molecule has 0 radical (unpaired) electrons. The molecule has 0 amide bonds. The summed E-state index contributed by atoms with van der Waals surface area (Å²) in [6, 6.07) is 95.0. The summed E-state index contributed by atoms with van der Waals surface area (Å²) in [6.07, 6.45) is 2.18. The van der Waals surface area contributed by atoms with E-state index in [4.69, 9.17) is 4.98 Å². The van der Waals surface area contributed by atoms with Crippen LogP contribution < -0.4 is 0 Å². The second-order valence-electron chi connectivity index (χ2n) is 24.8. The zero-order valence-electron chi connectivity index (χ0n) is 49.4. The number of fused-ring (bicyclic) bond motifs is 22. The Kier molecular flexibility index (Phi) is 10.1. The van der Waals surface area contributed by atoms with Crippen LogP contribution in [-0.4, -0.2) is 23.3 Å². The number of aryl methyl sites for hydroxylation is 4. The smallest absolute Gasteiger partial charge is 0.104 e. The third-order valence-electron chi connectivity index (χ3n) is 19.8. The first kappa shape index (κ1) is 49.7. The fraction of sp³-hybridized carbons (Fsp3) is 0.0602. The van der Waals surface area contributed by atoms with Crippen molar-refractivity contribution in [2.24, 2.45) is 0 Å². The molecule has 5 heterocycles. The van der Waals surface area contributed by atoms with Crippen LogP contribution in [0.25, 0.3) is 143 Å². The largest absolute Gasteiger partial charge is 0.306 e. The Morgan fingerprint density at radius 2 is 0.618 bits per heavy atom. The van der Waals surface area contributed by atoms with Gasteiger partial charge in [-0.3, -0.25) is 4.98 Å². The molecule has 6 nitrogen and oxygen atoms in total. The van der Waals surface area contributed by atoms with Crippen LogP contribution in [0.2, 0.25) is 0 Å². The summed E-state index contributed by atoms with van der Waals surface area (Å²) in [5, 5.41) is 22.2. The summed E-state index contributed by atoms with van der Waals surface area (Å²) in [5.41, 5.74) is 27.1. The van der Waals surface area contributed by atoms with E-state index in [0.29, 0.717) is 5.56 Å². The number of pyridine rings is 1. The van der Waals surface area contributed by atoms with Crippen LogP contribution in [0.5, 0.6) is 0 Å². The van der Waals surface area contributed by atoms with Gasteiger partial charge in [0.25, 0.3) is 0 Å². The van der Waals surface area contributed by atoms with Gasteiger partial charge in [-0.05, 0) is 140 Å². The van der Waals surface area contributed by atoms with Crippen molar-refractivity contribution in [1.82, 2.24) is 23.3 Å². The van der Waals surface area contributed by atoms with E-state index in [-0.39, 0.29) is 0 Å². The number of aromatic nitrogens is 5. The van der Waals surface area contributed by atoms with Crippen molar-refractivity contribution in [1.29, 1.82) is 5.26 Å². The number of rotatable bonds is 5. The summed E-state index contributed by atoms with van der Waals surface area (Å²) in [6.45, 7) is 8.71. The monoisotopic (exact) mass is 1130 g/mol. The number of benzene rings is 12. The molecule has 0 saturated carbocycles. The minimum absolute atomic E-state index is 0.527. The molecule has 0 fully saturated rings. The van der Waals surface area contributed by atoms with Crippen LogP contribution in [0, 0.1) is 39.0 Å². The van der Waals surface area contributed by atoms with Crippen molar-refractivity contribution >= 4 is 87.2 Å². The summed E-state index contributed by atoms with van der Waals surface area (Å²) in [5.74, 6) is 0. The molecule has 2 aliphatic rings. The summed E-state index contributed by atoms with van der Waals surface area (Å²) in [4.78, 5) is 6.05. The van der Waals surface area contributed by atoms with E-state index in [1.54, 1.807) is 0 Å². The van der Waals surface area contributed by atoms with E-state index < -0.39 is 5.41 Å². The first-order valence-corrected chi connectivity index (χ1v) is 30.7. The molecule has 0 unspecified atom stereocenters. The molecule has 5 aromatic heterocycles. The second-order valence-corrected chi connectivity index (χ2v) is 24.8. The Balaban J connectivity index is 1.12. The van der Waals surface area contributed by atoms with Crippen LogP contribution in [0.15, 0.2) is 255 Å². The van der Waals surface area contributed by atoms with E-state index in [9.17, 15) is 5.26 Å². The summed E-state index contributed by atoms with van der Waals surface area (Å²) in [7, 11) is 0. The summed E-state index contributed by atoms with van der Waals surface area (Å²) >= 11 is 0. The maximum Gasteiger partial charge on any atom is 0.104 e. The van der Waals surface area contributed by atoms with Crippen molar-refractivity contribution in [3.05, 3.63) is 305 Å². The zero-order chi connectivity index (χ0) is 59.1. The molecule has 89 heavy (non-hydrogen) atoms. The molecule has 1 spiro atoms. The van der Waals surface area contributed by atoms with Crippen LogP contribution in [0.3, 0.4) is 0 Å². The van der Waals surface area contributed by atoms with Gasteiger partial charge in [0, 0.05) is 66.0 Å². The van der Waals surface area contributed by atoms with Crippen LogP contribution in [0.1, 0.15) is 50.2 Å². The topological polar surface area (TPSA) is 56.4 Å². The lowest BCUT2D eigenvalue weighted by Crippen LogP contribution is -2.27. The first-order valence-electron chi connectivity index (χ1n) is 30.7.